The van der Waals surface area contributed by atoms with Gasteiger partial charge in [-0.05, 0) is 12.3 Å². The highest BCUT2D eigenvalue weighted by atomic mass is 32.2. The number of carboxylic acids is 1. The maximum absolute atomic E-state index is 10.4. The van der Waals surface area contributed by atoms with Crippen LogP contribution in [0.4, 0.5) is 0 Å². The summed E-state index contributed by atoms with van der Waals surface area (Å²) in [7, 11) is 0. The predicted octanol–water partition coefficient (Wildman–Crippen LogP) is 1.54. The fourth-order valence-corrected chi connectivity index (χ4v) is 2.97. The highest BCUT2D eigenvalue weighted by molar-refractivity contribution is 8.00. The van der Waals surface area contributed by atoms with Crippen molar-refractivity contribution >= 4 is 17.7 Å². The highest BCUT2D eigenvalue weighted by Gasteiger charge is 2.26. The molecule has 0 aromatic rings. The lowest BCUT2D eigenvalue weighted by Crippen LogP contribution is -2.32. The Labute approximate surface area is 83.3 Å². The molecular weight excluding hydrogens is 186 g/mol. The molecule has 0 spiro atoms. The third kappa shape index (κ3) is 4.00. The second-order valence-electron chi connectivity index (χ2n) is 3.91. The number of carboxylic acid groups (broad SMARTS) is 1. The van der Waals surface area contributed by atoms with E-state index in [0.29, 0.717) is 11.3 Å². The molecule has 76 valence electrons. The van der Waals surface area contributed by atoms with Crippen LogP contribution in [0.25, 0.3) is 0 Å². The summed E-state index contributed by atoms with van der Waals surface area (Å²) in [5.74, 6) is 0.904. The molecule has 0 saturated carbocycles. The standard InChI is InChI=1S/C9H17NO2S/c1-6(2)3-8-10-7(5-13-8)4-9(11)12/h6-8,10H,3-5H2,1-2H3,(H,11,12). The maximum Gasteiger partial charge on any atom is 0.304 e. The number of nitrogens with one attached hydrogen (secondary N) is 1. The quantitative estimate of drug-likeness (QED) is 0.727. The van der Waals surface area contributed by atoms with Crippen LogP contribution in [0, 0.1) is 5.92 Å². The lowest BCUT2D eigenvalue weighted by Gasteiger charge is -2.13. The van der Waals surface area contributed by atoms with Gasteiger partial charge in [-0.2, -0.15) is 0 Å². The Kier molecular flexibility index (Phi) is 4.06. The topological polar surface area (TPSA) is 49.3 Å². The van der Waals surface area contributed by atoms with Crippen molar-refractivity contribution in [2.45, 2.75) is 38.1 Å². The Morgan fingerprint density at radius 1 is 1.69 bits per heavy atom. The van der Waals surface area contributed by atoms with Crippen molar-refractivity contribution in [3.05, 3.63) is 0 Å². The summed E-state index contributed by atoms with van der Waals surface area (Å²) >= 11 is 1.85. The van der Waals surface area contributed by atoms with E-state index in [2.05, 4.69) is 19.2 Å². The van der Waals surface area contributed by atoms with Gasteiger partial charge in [0.25, 0.3) is 0 Å². The first-order chi connectivity index (χ1) is 6.08. The lowest BCUT2D eigenvalue weighted by molar-refractivity contribution is -0.137. The van der Waals surface area contributed by atoms with Crippen LogP contribution in [0.5, 0.6) is 0 Å². The molecular formula is C9H17NO2S. The summed E-state index contributed by atoms with van der Waals surface area (Å²) in [5, 5.41) is 12.4. The van der Waals surface area contributed by atoms with E-state index < -0.39 is 5.97 Å². The van der Waals surface area contributed by atoms with Crippen LogP contribution in [0.2, 0.25) is 0 Å². The monoisotopic (exact) mass is 203 g/mol. The average molecular weight is 203 g/mol. The fraction of sp³-hybridized carbons (Fsp3) is 0.889. The van der Waals surface area contributed by atoms with Gasteiger partial charge >= 0.3 is 5.97 Å². The molecule has 2 atom stereocenters. The van der Waals surface area contributed by atoms with Gasteiger partial charge in [-0.3, -0.25) is 4.79 Å². The molecule has 1 rings (SSSR count). The zero-order valence-electron chi connectivity index (χ0n) is 8.12. The summed E-state index contributed by atoms with van der Waals surface area (Å²) in [5.41, 5.74) is 0. The van der Waals surface area contributed by atoms with Gasteiger partial charge in [-0.15, -0.1) is 11.8 Å². The van der Waals surface area contributed by atoms with Crippen LogP contribution < -0.4 is 5.32 Å². The van der Waals surface area contributed by atoms with Crippen molar-refractivity contribution in [3.8, 4) is 0 Å². The molecule has 1 saturated heterocycles. The first-order valence-corrected chi connectivity index (χ1v) is 5.72. The van der Waals surface area contributed by atoms with E-state index in [4.69, 9.17) is 5.11 Å². The Morgan fingerprint density at radius 3 is 2.92 bits per heavy atom. The number of carbonyl (C=O) groups is 1. The van der Waals surface area contributed by atoms with Crippen LogP contribution in [-0.2, 0) is 4.79 Å². The number of aliphatic carboxylic acids is 1. The molecule has 2 unspecified atom stereocenters. The van der Waals surface area contributed by atoms with Gasteiger partial charge in [-0.25, -0.2) is 0 Å². The molecule has 0 amide bonds. The van der Waals surface area contributed by atoms with Crippen molar-refractivity contribution in [3.63, 3.8) is 0 Å². The van der Waals surface area contributed by atoms with E-state index in [1.54, 1.807) is 0 Å². The Bertz CT molecular complexity index is 184. The summed E-state index contributed by atoms with van der Waals surface area (Å²) in [6.45, 7) is 4.37. The Morgan fingerprint density at radius 2 is 2.38 bits per heavy atom. The lowest BCUT2D eigenvalue weighted by atomic mass is 10.1. The van der Waals surface area contributed by atoms with Gasteiger partial charge in [0.2, 0.25) is 0 Å². The van der Waals surface area contributed by atoms with E-state index in [1.807, 2.05) is 11.8 Å². The van der Waals surface area contributed by atoms with Gasteiger partial charge in [0, 0.05) is 11.8 Å². The van der Waals surface area contributed by atoms with Crippen LogP contribution in [0.1, 0.15) is 26.7 Å². The normalized spacial score (nSPS) is 28.2. The average Bonchev–Trinajstić information content (AvgIpc) is 2.33. The summed E-state index contributed by atoms with van der Waals surface area (Å²) < 4.78 is 0. The van der Waals surface area contributed by atoms with E-state index in [1.165, 1.54) is 0 Å². The van der Waals surface area contributed by atoms with Crippen molar-refractivity contribution < 1.29 is 9.90 Å². The molecule has 0 aliphatic carbocycles. The minimum absolute atomic E-state index is 0.172. The third-order valence-electron chi connectivity index (χ3n) is 2.03. The van der Waals surface area contributed by atoms with Gasteiger partial charge in [0.1, 0.15) is 0 Å². The highest BCUT2D eigenvalue weighted by Crippen LogP contribution is 2.25. The molecule has 1 aliphatic rings. The number of thioether (sulfide) groups is 1. The second-order valence-corrected chi connectivity index (χ2v) is 5.15. The molecule has 1 fully saturated rings. The number of hydrogen-bond acceptors (Lipinski definition) is 3. The zero-order chi connectivity index (χ0) is 9.84. The molecule has 0 aromatic carbocycles. The third-order valence-corrected chi connectivity index (χ3v) is 3.35. The van der Waals surface area contributed by atoms with Gasteiger partial charge in [0.05, 0.1) is 11.8 Å². The SMILES string of the molecule is CC(C)CC1NC(CC(=O)O)CS1. The van der Waals surface area contributed by atoms with E-state index in [-0.39, 0.29) is 12.5 Å². The summed E-state index contributed by atoms with van der Waals surface area (Å²) in [4.78, 5) is 10.4. The Hall–Kier alpha value is -0.220. The van der Waals surface area contributed by atoms with Gasteiger partial charge < -0.3 is 10.4 Å². The van der Waals surface area contributed by atoms with Crippen LogP contribution in [-0.4, -0.2) is 28.2 Å². The van der Waals surface area contributed by atoms with E-state index >= 15 is 0 Å². The van der Waals surface area contributed by atoms with Crippen molar-refractivity contribution in [2.75, 3.05) is 5.75 Å². The molecule has 0 bridgehead atoms. The molecule has 13 heavy (non-hydrogen) atoms. The largest absolute Gasteiger partial charge is 0.481 e. The van der Waals surface area contributed by atoms with Gasteiger partial charge in [-0.1, -0.05) is 13.8 Å². The Balaban J connectivity index is 2.24. The maximum atomic E-state index is 10.4. The zero-order valence-corrected chi connectivity index (χ0v) is 8.93. The van der Waals surface area contributed by atoms with E-state index in [9.17, 15) is 4.79 Å². The minimum Gasteiger partial charge on any atom is -0.481 e. The van der Waals surface area contributed by atoms with Crippen molar-refractivity contribution in [1.82, 2.24) is 5.32 Å². The van der Waals surface area contributed by atoms with Crippen LogP contribution in [0.15, 0.2) is 0 Å². The van der Waals surface area contributed by atoms with Gasteiger partial charge in [0.15, 0.2) is 0 Å². The van der Waals surface area contributed by atoms with Crippen LogP contribution >= 0.6 is 11.8 Å². The summed E-state index contributed by atoms with van der Waals surface area (Å²) in [6, 6.07) is 0.172. The molecule has 4 heteroatoms. The number of rotatable bonds is 4. The predicted molar refractivity (Wildman–Crippen MR) is 54.9 cm³/mol. The molecule has 3 nitrogen and oxygen atoms in total. The van der Waals surface area contributed by atoms with E-state index in [0.717, 1.165) is 12.2 Å². The minimum atomic E-state index is -0.705. The molecule has 1 heterocycles. The fourth-order valence-electron chi connectivity index (χ4n) is 1.48. The molecule has 2 N–H and O–H groups in total. The van der Waals surface area contributed by atoms with Crippen molar-refractivity contribution in [2.24, 2.45) is 5.92 Å². The number of hydrogen-bond donors (Lipinski definition) is 2. The summed E-state index contributed by atoms with van der Waals surface area (Å²) in [6.07, 6.45) is 1.38. The molecule has 0 radical (unpaired) electrons. The first kappa shape index (κ1) is 10.9. The first-order valence-electron chi connectivity index (χ1n) is 4.67. The van der Waals surface area contributed by atoms with Crippen molar-refractivity contribution in [1.29, 1.82) is 0 Å². The second kappa shape index (κ2) is 4.86. The molecule has 0 aromatic heterocycles. The molecule has 1 aliphatic heterocycles. The van der Waals surface area contributed by atoms with Crippen LogP contribution in [0.3, 0.4) is 0 Å². The smallest absolute Gasteiger partial charge is 0.304 e.